The van der Waals surface area contributed by atoms with Gasteiger partial charge in [-0.25, -0.2) is 4.98 Å². The molecule has 0 spiro atoms. The minimum absolute atomic E-state index is 0.0868. The van der Waals surface area contributed by atoms with Crippen LogP contribution in [0.5, 0.6) is 0 Å². The van der Waals surface area contributed by atoms with E-state index in [1.807, 2.05) is 19.9 Å². The van der Waals surface area contributed by atoms with Gasteiger partial charge >= 0.3 is 0 Å². The average Bonchev–Trinajstić information content (AvgIpc) is 2.62. The van der Waals surface area contributed by atoms with Crippen LogP contribution in [0.1, 0.15) is 17.0 Å². The van der Waals surface area contributed by atoms with Crippen molar-refractivity contribution in [3.63, 3.8) is 0 Å². The van der Waals surface area contributed by atoms with Crippen LogP contribution in [0.3, 0.4) is 0 Å². The van der Waals surface area contributed by atoms with Crippen LogP contribution in [-0.4, -0.2) is 21.1 Å². The molecule has 0 bridgehead atoms. The summed E-state index contributed by atoms with van der Waals surface area (Å²) < 4.78 is 0. The first-order valence-electron chi connectivity index (χ1n) is 5.38. The molecule has 88 valence electrons. The number of amides is 1. The molecular weight excluding hydrogens is 216 g/mol. The van der Waals surface area contributed by atoms with Crippen LogP contribution in [0.2, 0.25) is 0 Å². The number of carbonyl (C=O) groups excluding carboxylic acids is 1. The minimum Gasteiger partial charge on any atom is -0.310 e. The number of aromatic nitrogens is 3. The molecule has 0 aromatic carbocycles. The predicted octanol–water partition coefficient (Wildman–Crippen LogP) is 1.60. The van der Waals surface area contributed by atoms with Crippen molar-refractivity contribution in [3.8, 4) is 0 Å². The molecule has 2 aromatic heterocycles. The van der Waals surface area contributed by atoms with E-state index in [-0.39, 0.29) is 5.91 Å². The van der Waals surface area contributed by atoms with Crippen molar-refractivity contribution in [2.45, 2.75) is 20.3 Å². The quantitative estimate of drug-likeness (QED) is 0.841. The number of anilines is 1. The van der Waals surface area contributed by atoms with Crippen molar-refractivity contribution in [2.75, 3.05) is 5.32 Å². The highest BCUT2D eigenvalue weighted by molar-refractivity contribution is 5.91. The summed E-state index contributed by atoms with van der Waals surface area (Å²) in [6.45, 7) is 3.79. The lowest BCUT2D eigenvalue weighted by atomic mass is 10.1. The van der Waals surface area contributed by atoms with Gasteiger partial charge in [0.05, 0.1) is 12.1 Å². The van der Waals surface area contributed by atoms with Crippen molar-refractivity contribution in [2.24, 2.45) is 0 Å². The van der Waals surface area contributed by atoms with Crippen LogP contribution < -0.4 is 5.32 Å². The second-order valence-corrected chi connectivity index (χ2v) is 3.85. The zero-order chi connectivity index (χ0) is 12.3. The van der Waals surface area contributed by atoms with E-state index in [1.54, 1.807) is 18.3 Å². The number of hydrogen-bond donors (Lipinski definition) is 2. The molecule has 0 atom stereocenters. The Morgan fingerprint density at radius 3 is 2.82 bits per heavy atom. The SMILES string of the molecule is Cc1n[nH]c(C)c1CC(=O)Nc1ccccn1. The van der Waals surface area contributed by atoms with Crippen LogP contribution in [0.15, 0.2) is 24.4 Å². The molecule has 0 radical (unpaired) electrons. The summed E-state index contributed by atoms with van der Waals surface area (Å²) in [6.07, 6.45) is 1.95. The van der Waals surface area contributed by atoms with Crippen LogP contribution >= 0.6 is 0 Å². The van der Waals surface area contributed by atoms with E-state index in [1.165, 1.54) is 0 Å². The third kappa shape index (κ3) is 2.69. The van der Waals surface area contributed by atoms with Gasteiger partial charge in [-0.3, -0.25) is 9.89 Å². The summed E-state index contributed by atoms with van der Waals surface area (Å²) in [5.41, 5.74) is 2.73. The van der Waals surface area contributed by atoms with Crippen molar-refractivity contribution < 1.29 is 4.79 Å². The summed E-state index contributed by atoms with van der Waals surface area (Å²) in [5.74, 6) is 0.479. The topological polar surface area (TPSA) is 70.7 Å². The number of rotatable bonds is 3. The smallest absolute Gasteiger partial charge is 0.230 e. The number of nitrogens with one attached hydrogen (secondary N) is 2. The number of carbonyl (C=O) groups is 1. The lowest BCUT2D eigenvalue weighted by Gasteiger charge is -2.04. The average molecular weight is 230 g/mol. The maximum Gasteiger partial charge on any atom is 0.230 e. The van der Waals surface area contributed by atoms with E-state index in [0.717, 1.165) is 17.0 Å². The van der Waals surface area contributed by atoms with Gasteiger partial charge in [0.1, 0.15) is 5.82 Å². The number of hydrogen-bond acceptors (Lipinski definition) is 3. The van der Waals surface area contributed by atoms with Gasteiger partial charge in [0.15, 0.2) is 0 Å². The van der Waals surface area contributed by atoms with Crippen LogP contribution in [0.4, 0.5) is 5.82 Å². The van der Waals surface area contributed by atoms with Crippen LogP contribution in [-0.2, 0) is 11.2 Å². The Morgan fingerprint density at radius 2 is 2.24 bits per heavy atom. The fourth-order valence-electron chi connectivity index (χ4n) is 1.62. The van der Waals surface area contributed by atoms with E-state index in [0.29, 0.717) is 12.2 Å². The zero-order valence-electron chi connectivity index (χ0n) is 9.82. The van der Waals surface area contributed by atoms with Gasteiger partial charge in [0.25, 0.3) is 0 Å². The van der Waals surface area contributed by atoms with Gasteiger partial charge in [-0.15, -0.1) is 0 Å². The number of aryl methyl sites for hydroxylation is 2. The number of aromatic amines is 1. The molecule has 0 aliphatic heterocycles. The molecule has 5 nitrogen and oxygen atoms in total. The third-order valence-corrected chi connectivity index (χ3v) is 2.55. The first kappa shape index (κ1) is 11.3. The normalized spacial score (nSPS) is 10.2. The number of nitrogens with zero attached hydrogens (tertiary/aromatic N) is 2. The van der Waals surface area contributed by atoms with E-state index >= 15 is 0 Å². The van der Waals surface area contributed by atoms with Crippen molar-refractivity contribution in [1.82, 2.24) is 15.2 Å². The highest BCUT2D eigenvalue weighted by Crippen LogP contribution is 2.11. The molecule has 2 aromatic rings. The first-order valence-corrected chi connectivity index (χ1v) is 5.38. The van der Waals surface area contributed by atoms with Gasteiger partial charge in [0, 0.05) is 17.5 Å². The standard InChI is InChI=1S/C12H14N4O/c1-8-10(9(2)16-15-8)7-12(17)14-11-5-3-4-6-13-11/h3-6H,7H2,1-2H3,(H,15,16)(H,13,14,17). The molecule has 1 amide bonds. The molecule has 0 unspecified atom stereocenters. The summed E-state index contributed by atoms with van der Waals surface area (Å²) in [6, 6.07) is 5.39. The molecule has 0 saturated heterocycles. The Morgan fingerprint density at radius 1 is 1.41 bits per heavy atom. The predicted molar refractivity (Wildman–Crippen MR) is 64.6 cm³/mol. The van der Waals surface area contributed by atoms with E-state index in [9.17, 15) is 4.79 Å². The maximum atomic E-state index is 11.8. The number of pyridine rings is 1. The monoisotopic (exact) mass is 230 g/mol. The van der Waals surface area contributed by atoms with Gasteiger partial charge < -0.3 is 5.32 Å². The molecule has 0 saturated carbocycles. The maximum absolute atomic E-state index is 11.8. The van der Waals surface area contributed by atoms with Gasteiger partial charge in [-0.2, -0.15) is 5.10 Å². The van der Waals surface area contributed by atoms with Gasteiger partial charge in [-0.1, -0.05) is 6.07 Å². The van der Waals surface area contributed by atoms with Crippen molar-refractivity contribution >= 4 is 11.7 Å². The first-order chi connectivity index (χ1) is 8.16. The Hall–Kier alpha value is -2.17. The van der Waals surface area contributed by atoms with Crippen molar-refractivity contribution in [3.05, 3.63) is 41.3 Å². The summed E-state index contributed by atoms with van der Waals surface area (Å²) in [7, 11) is 0. The van der Waals surface area contributed by atoms with Gasteiger partial charge in [-0.05, 0) is 26.0 Å². The van der Waals surface area contributed by atoms with Crippen molar-refractivity contribution in [1.29, 1.82) is 0 Å². The molecule has 0 aliphatic rings. The highest BCUT2D eigenvalue weighted by atomic mass is 16.1. The molecule has 0 aliphatic carbocycles. The largest absolute Gasteiger partial charge is 0.310 e. The lowest BCUT2D eigenvalue weighted by molar-refractivity contribution is -0.115. The summed E-state index contributed by atoms with van der Waals surface area (Å²) >= 11 is 0. The molecular formula is C12H14N4O. The number of H-pyrrole nitrogens is 1. The minimum atomic E-state index is -0.0868. The molecule has 0 fully saturated rings. The third-order valence-electron chi connectivity index (χ3n) is 2.55. The second kappa shape index (κ2) is 4.78. The van der Waals surface area contributed by atoms with E-state index in [4.69, 9.17) is 0 Å². The van der Waals surface area contributed by atoms with E-state index in [2.05, 4.69) is 20.5 Å². The van der Waals surface area contributed by atoms with Gasteiger partial charge in [0.2, 0.25) is 5.91 Å². The Kier molecular flexibility index (Phi) is 3.18. The molecule has 17 heavy (non-hydrogen) atoms. The zero-order valence-corrected chi connectivity index (χ0v) is 9.82. The molecule has 2 rings (SSSR count). The Bertz CT molecular complexity index is 499. The Labute approximate surface area is 99.3 Å². The van der Waals surface area contributed by atoms with Crippen LogP contribution in [0.25, 0.3) is 0 Å². The highest BCUT2D eigenvalue weighted by Gasteiger charge is 2.11. The van der Waals surface area contributed by atoms with E-state index < -0.39 is 0 Å². The molecule has 2 heterocycles. The summed E-state index contributed by atoms with van der Waals surface area (Å²) in [4.78, 5) is 15.8. The summed E-state index contributed by atoms with van der Waals surface area (Å²) in [5, 5.41) is 9.66. The van der Waals surface area contributed by atoms with Crippen LogP contribution in [0, 0.1) is 13.8 Å². The second-order valence-electron chi connectivity index (χ2n) is 3.85. The lowest BCUT2D eigenvalue weighted by Crippen LogP contribution is -2.15. The fraction of sp³-hybridized carbons (Fsp3) is 0.250. The molecule has 5 heteroatoms. The fourth-order valence-corrected chi connectivity index (χ4v) is 1.62. The molecule has 2 N–H and O–H groups in total. The Balaban J connectivity index is 2.03.